The molecule has 4 rings (SSSR count). The van der Waals surface area contributed by atoms with Gasteiger partial charge in [0.25, 0.3) is 0 Å². The van der Waals surface area contributed by atoms with Gasteiger partial charge in [-0.2, -0.15) is 5.10 Å². The molecular weight excluding hydrogens is 336 g/mol. The Kier molecular flexibility index (Phi) is 4.03. The maximum atomic E-state index is 13.7. The second-order valence-electron chi connectivity index (χ2n) is 6.35. The number of carbonyl (C=O) groups excluding carboxylic acids is 1. The molecule has 0 radical (unpaired) electrons. The van der Waals surface area contributed by atoms with Crippen LogP contribution in [0.15, 0.2) is 48.7 Å². The highest BCUT2D eigenvalue weighted by molar-refractivity contribution is 5.94. The number of nitrogens with zero attached hydrogens (tertiary/aromatic N) is 2. The van der Waals surface area contributed by atoms with Crippen LogP contribution in [0.4, 0.5) is 14.6 Å². The van der Waals surface area contributed by atoms with Crippen LogP contribution in [0.25, 0.3) is 5.69 Å². The molecule has 3 aromatic rings. The molecule has 132 valence electrons. The van der Waals surface area contributed by atoms with Crippen molar-refractivity contribution in [3.8, 4) is 5.69 Å². The molecule has 2 aromatic carbocycles. The van der Waals surface area contributed by atoms with Crippen LogP contribution in [-0.4, -0.2) is 15.7 Å². The molecule has 1 aliphatic heterocycles. The van der Waals surface area contributed by atoms with Gasteiger partial charge < -0.3 is 5.32 Å². The van der Waals surface area contributed by atoms with Gasteiger partial charge in [0.1, 0.15) is 17.5 Å². The second-order valence-corrected chi connectivity index (χ2v) is 6.35. The number of halogens is 2. The van der Waals surface area contributed by atoms with Gasteiger partial charge in [-0.3, -0.25) is 4.79 Å². The number of aromatic nitrogens is 2. The number of anilines is 1. The van der Waals surface area contributed by atoms with E-state index in [9.17, 15) is 13.6 Å². The van der Waals surface area contributed by atoms with Crippen molar-refractivity contribution < 1.29 is 13.6 Å². The van der Waals surface area contributed by atoms with Crippen LogP contribution in [-0.2, 0) is 11.2 Å². The number of fused-ring (bicyclic) bond motifs is 1. The second kappa shape index (κ2) is 6.37. The normalized spacial score (nSPS) is 16.3. The Morgan fingerprint density at radius 1 is 1.19 bits per heavy atom. The van der Waals surface area contributed by atoms with Crippen LogP contribution in [0.5, 0.6) is 0 Å². The fourth-order valence-electron chi connectivity index (χ4n) is 3.49. The molecule has 4 nitrogen and oxygen atoms in total. The number of aryl methyl sites for hydroxylation is 1. The zero-order chi connectivity index (χ0) is 18.3. The predicted molar refractivity (Wildman–Crippen MR) is 94.4 cm³/mol. The lowest BCUT2D eigenvalue weighted by atomic mass is 9.87. The Morgan fingerprint density at radius 3 is 2.65 bits per heavy atom. The molecule has 0 fully saturated rings. The minimum atomic E-state index is -0.656. The SMILES string of the molecule is CCc1ccccc1-n1ncc2c1NC(=O)CC2c1cc(F)cc(F)c1. The average molecular weight is 353 g/mol. The van der Waals surface area contributed by atoms with Gasteiger partial charge in [0.05, 0.1) is 11.9 Å². The highest BCUT2D eigenvalue weighted by Gasteiger charge is 2.31. The molecule has 2 heterocycles. The van der Waals surface area contributed by atoms with Crippen LogP contribution in [0, 0.1) is 11.6 Å². The lowest BCUT2D eigenvalue weighted by molar-refractivity contribution is -0.116. The fraction of sp³-hybridized carbons (Fsp3) is 0.200. The number of para-hydroxylation sites is 1. The third-order valence-corrected chi connectivity index (χ3v) is 4.71. The highest BCUT2D eigenvalue weighted by Crippen LogP contribution is 2.38. The van der Waals surface area contributed by atoms with Crippen LogP contribution in [0.2, 0.25) is 0 Å². The van der Waals surface area contributed by atoms with E-state index >= 15 is 0 Å². The summed E-state index contributed by atoms with van der Waals surface area (Å²) in [4.78, 5) is 12.3. The van der Waals surface area contributed by atoms with Crippen LogP contribution in [0.1, 0.15) is 36.0 Å². The van der Waals surface area contributed by atoms with Crippen molar-refractivity contribution >= 4 is 11.7 Å². The maximum Gasteiger partial charge on any atom is 0.226 e. The van der Waals surface area contributed by atoms with Crippen molar-refractivity contribution in [2.24, 2.45) is 0 Å². The molecule has 0 saturated heterocycles. The molecule has 1 amide bonds. The zero-order valence-electron chi connectivity index (χ0n) is 14.2. The molecule has 1 unspecified atom stereocenters. The third-order valence-electron chi connectivity index (χ3n) is 4.71. The van der Waals surface area contributed by atoms with E-state index < -0.39 is 17.6 Å². The molecule has 1 aromatic heterocycles. The van der Waals surface area contributed by atoms with Gasteiger partial charge in [-0.25, -0.2) is 13.5 Å². The summed E-state index contributed by atoms with van der Waals surface area (Å²) in [5, 5.41) is 7.31. The van der Waals surface area contributed by atoms with Crippen molar-refractivity contribution in [2.45, 2.75) is 25.7 Å². The lowest BCUT2D eigenvalue weighted by Gasteiger charge is -2.24. The van der Waals surface area contributed by atoms with Gasteiger partial charge >= 0.3 is 0 Å². The largest absolute Gasteiger partial charge is 0.310 e. The molecule has 1 atom stereocenters. The Balaban J connectivity index is 1.85. The topological polar surface area (TPSA) is 46.9 Å². The van der Waals surface area contributed by atoms with Crippen molar-refractivity contribution in [1.29, 1.82) is 0 Å². The number of benzene rings is 2. The van der Waals surface area contributed by atoms with E-state index in [0.29, 0.717) is 11.4 Å². The van der Waals surface area contributed by atoms with E-state index in [1.54, 1.807) is 10.9 Å². The van der Waals surface area contributed by atoms with Gasteiger partial charge in [0, 0.05) is 24.0 Å². The van der Waals surface area contributed by atoms with Crippen molar-refractivity contribution in [3.05, 3.63) is 77.0 Å². The number of nitrogens with one attached hydrogen (secondary N) is 1. The van der Waals surface area contributed by atoms with Gasteiger partial charge in [0.15, 0.2) is 0 Å². The molecule has 1 aliphatic rings. The standard InChI is InChI=1S/C20H17F2N3O/c1-2-12-5-3-4-6-18(12)25-20-17(11-23-25)16(10-19(26)24-20)13-7-14(21)9-15(22)8-13/h3-9,11,16H,2,10H2,1H3,(H,24,26). The summed E-state index contributed by atoms with van der Waals surface area (Å²) in [7, 11) is 0. The quantitative estimate of drug-likeness (QED) is 0.768. The molecule has 6 heteroatoms. The smallest absolute Gasteiger partial charge is 0.226 e. The summed E-state index contributed by atoms with van der Waals surface area (Å²) in [6.07, 6.45) is 2.60. The van der Waals surface area contributed by atoms with Gasteiger partial charge in [-0.15, -0.1) is 0 Å². The van der Waals surface area contributed by atoms with Crippen molar-refractivity contribution in [1.82, 2.24) is 9.78 Å². The molecular formula is C20H17F2N3O. The predicted octanol–water partition coefficient (Wildman–Crippen LogP) is 4.19. The van der Waals surface area contributed by atoms with Gasteiger partial charge in [-0.1, -0.05) is 25.1 Å². The molecule has 1 N–H and O–H groups in total. The van der Waals surface area contributed by atoms with Gasteiger partial charge in [0.2, 0.25) is 5.91 Å². The van der Waals surface area contributed by atoms with Crippen molar-refractivity contribution in [2.75, 3.05) is 5.32 Å². The van der Waals surface area contributed by atoms with Crippen LogP contribution < -0.4 is 5.32 Å². The first kappa shape index (κ1) is 16.4. The minimum Gasteiger partial charge on any atom is -0.310 e. The first-order valence-electron chi connectivity index (χ1n) is 8.49. The zero-order valence-corrected chi connectivity index (χ0v) is 14.2. The van der Waals surface area contributed by atoms with E-state index in [-0.39, 0.29) is 12.3 Å². The highest BCUT2D eigenvalue weighted by atomic mass is 19.1. The molecule has 0 saturated carbocycles. The van der Waals surface area contributed by atoms with E-state index in [0.717, 1.165) is 29.3 Å². The minimum absolute atomic E-state index is 0.122. The number of carbonyl (C=O) groups is 1. The summed E-state index contributed by atoms with van der Waals surface area (Å²) >= 11 is 0. The first-order chi connectivity index (χ1) is 12.6. The van der Waals surface area contributed by atoms with Crippen molar-refractivity contribution in [3.63, 3.8) is 0 Å². The molecule has 0 bridgehead atoms. The maximum absolute atomic E-state index is 13.7. The summed E-state index contributed by atoms with van der Waals surface area (Å²) in [5.74, 6) is -1.40. The van der Waals surface area contributed by atoms with Crippen LogP contribution >= 0.6 is 0 Å². The Labute approximate surface area is 149 Å². The summed E-state index contributed by atoms with van der Waals surface area (Å²) in [5.41, 5.74) is 3.15. The number of rotatable bonds is 3. The van der Waals surface area contributed by atoms with Crippen LogP contribution in [0.3, 0.4) is 0 Å². The Hall–Kier alpha value is -3.02. The van der Waals surface area contributed by atoms with E-state index in [2.05, 4.69) is 10.4 Å². The summed E-state index contributed by atoms with van der Waals surface area (Å²) in [6.45, 7) is 2.05. The fourth-order valence-corrected chi connectivity index (χ4v) is 3.49. The number of hydrogen-bond donors (Lipinski definition) is 1. The lowest BCUT2D eigenvalue weighted by Crippen LogP contribution is -2.25. The van der Waals surface area contributed by atoms with E-state index in [1.165, 1.54) is 12.1 Å². The molecule has 26 heavy (non-hydrogen) atoms. The van der Waals surface area contributed by atoms with E-state index in [4.69, 9.17) is 0 Å². The summed E-state index contributed by atoms with van der Waals surface area (Å²) < 4.78 is 29.0. The van der Waals surface area contributed by atoms with E-state index in [1.807, 2.05) is 31.2 Å². The molecule has 0 spiro atoms. The first-order valence-corrected chi connectivity index (χ1v) is 8.49. The number of amides is 1. The third kappa shape index (κ3) is 2.77. The van der Waals surface area contributed by atoms with Gasteiger partial charge in [-0.05, 0) is 35.7 Å². The monoisotopic (exact) mass is 353 g/mol. The molecule has 0 aliphatic carbocycles. The summed E-state index contributed by atoms with van der Waals surface area (Å²) in [6, 6.07) is 11.2. The Bertz CT molecular complexity index is 976. The Morgan fingerprint density at radius 2 is 1.92 bits per heavy atom. The average Bonchev–Trinajstić information content (AvgIpc) is 3.03. The number of hydrogen-bond acceptors (Lipinski definition) is 2.